The first-order valence-corrected chi connectivity index (χ1v) is 37.5. The molecule has 6 aromatic rings. The van der Waals surface area contributed by atoms with Crippen LogP contribution in [0.2, 0.25) is 0 Å². The molecule has 0 aromatic heterocycles. The molecule has 28 nitrogen and oxygen atoms in total. The minimum absolute atomic E-state index is 0.0238. The first-order valence-electron chi connectivity index (χ1n) is 36.4. The van der Waals surface area contributed by atoms with Gasteiger partial charge in [0.25, 0.3) is 23.6 Å². The van der Waals surface area contributed by atoms with Crippen molar-refractivity contribution in [2.75, 3.05) is 131 Å². The van der Waals surface area contributed by atoms with E-state index in [-0.39, 0.29) is 156 Å². The monoisotopic (exact) mass is 1600 g/mol. The van der Waals surface area contributed by atoms with Crippen LogP contribution >= 0.6 is 15.9 Å². The zero-order valence-corrected chi connectivity index (χ0v) is 65.2. The summed E-state index contributed by atoms with van der Waals surface area (Å²) in [5, 5.41) is 15.3. The third-order valence-corrected chi connectivity index (χ3v) is 16.0. The van der Waals surface area contributed by atoms with Crippen molar-refractivity contribution in [1.29, 1.82) is 0 Å². The molecule has 2 aliphatic rings. The van der Waals surface area contributed by atoms with Gasteiger partial charge in [0, 0.05) is 25.7 Å². The third kappa shape index (κ3) is 35.4. The second kappa shape index (κ2) is 49.4. The standard InChI is InChI=1S/C41H50N2O12.C35H40N2O10.C6H11BrO2/c1-41(2,3)55-37(45)29-53-32-15-13-30(14-16-32)27-35(40(48)54-28-31-9-5-4-6-10-31)42-36(44)17-19-49-21-23-51-25-26-52-24-22-50-20-18-43-38(46)33-11-7-8-12-34(33)39(43)47;38-28-12-10-26(11-13-28)24-31(35(42)47-25-27-6-2-1-3-7-27)36-32(39)14-16-43-18-20-45-22-23-46-21-19-44-17-15-37-33(40)29-8-4-5-9-30(29)34(37)41;1-6(2,3)9-5(8)4-7/h4-16,35H,17-29H2,1-3H3,(H,42,44);1-13,31,38H,14-25H2,(H,36,39);4H2,1-3H3/t35-;31-;/m00./s1. The number of benzene rings is 6. The summed E-state index contributed by atoms with van der Waals surface area (Å²) in [5.41, 5.74) is 3.85. The average Bonchev–Trinajstić information content (AvgIpc) is 1.65. The van der Waals surface area contributed by atoms with E-state index in [2.05, 4.69) is 26.6 Å². The summed E-state index contributed by atoms with van der Waals surface area (Å²) in [6, 6.07) is 43.4. The number of halogens is 1. The number of carbonyl (C=O) groups excluding carboxylic acids is 10. The number of phenols is 1. The van der Waals surface area contributed by atoms with Gasteiger partial charge in [-0.25, -0.2) is 14.4 Å². The number of alkyl halides is 1. The van der Waals surface area contributed by atoms with E-state index in [1.807, 2.05) is 81.4 Å². The molecule has 0 aliphatic carbocycles. The molecule has 0 saturated carbocycles. The normalized spacial score (nSPS) is 12.8. The fourth-order valence-corrected chi connectivity index (χ4v) is 10.4. The Balaban J connectivity index is 0.000000314. The molecule has 6 amide bonds. The molecule has 29 heteroatoms. The Kier molecular flexibility index (Phi) is 40.1. The van der Waals surface area contributed by atoms with Gasteiger partial charge in [-0.2, -0.15) is 0 Å². The van der Waals surface area contributed by atoms with E-state index < -0.39 is 35.6 Å². The van der Waals surface area contributed by atoms with Crippen molar-refractivity contribution < 1.29 is 115 Å². The number of fused-ring (bicyclic) bond motifs is 2. The second-order valence-electron chi connectivity index (χ2n) is 26.8. The molecule has 600 valence electrons. The number of imide groups is 2. The average molecular weight is 1610 g/mol. The number of carbonyl (C=O) groups is 10. The third-order valence-electron chi connectivity index (χ3n) is 15.6. The maximum absolute atomic E-state index is 13.1. The Morgan fingerprint density at radius 2 is 0.694 bits per heavy atom. The van der Waals surface area contributed by atoms with Gasteiger partial charge < -0.3 is 77.3 Å². The van der Waals surface area contributed by atoms with E-state index >= 15 is 0 Å². The maximum Gasteiger partial charge on any atom is 0.344 e. The predicted molar refractivity (Wildman–Crippen MR) is 409 cm³/mol. The lowest BCUT2D eigenvalue weighted by Crippen LogP contribution is -2.43. The molecule has 3 N–H and O–H groups in total. The molecule has 0 spiro atoms. The van der Waals surface area contributed by atoms with Gasteiger partial charge in [-0.15, -0.1) is 0 Å². The van der Waals surface area contributed by atoms with E-state index in [9.17, 15) is 53.1 Å². The molecule has 2 heterocycles. The van der Waals surface area contributed by atoms with Crippen LogP contribution in [0.4, 0.5) is 0 Å². The number of nitrogens with zero attached hydrogens (tertiary/aromatic N) is 2. The van der Waals surface area contributed by atoms with Gasteiger partial charge in [0.2, 0.25) is 11.8 Å². The van der Waals surface area contributed by atoms with Crippen LogP contribution in [-0.2, 0) is 112 Å². The van der Waals surface area contributed by atoms with Crippen LogP contribution < -0.4 is 15.4 Å². The van der Waals surface area contributed by atoms with Crippen LogP contribution in [-0.4, -0.2) is 228 Å². The molecule has 0 unspecified atom stereocenters. The molecule has 8 rings (SSSR count). The van der Waals surface area contributed by atoms with Crippen molar-refractivity contribution in [2.45, 2.75) is 104 Å². The quantitative estimate of drug-likeness (QED) is 0.0106. The highest BCUT2D eigenvalue weighted by Crippen LogP contribution is 2.24. The van der Waals surface area contributed by atoms with Crippen molar-refractivity contribution in [3.63, 3.8) is 0 Å². The van der Waals surface area contributed by atoms with Crippen molar-refractivity contribution in [3.05, 3.63) is 202 Å². The van der Waals surface area contributed by atoms with Crippen LogP contribution in [0.5, 0.6) is 11.5 Å². The predicted octanol–water partition coefficient (Wildman–Crippen LogP) is 8.57. The minimum atomic E-state index is -0.949. The minimum Gasteiger partial charge on any atom is -0.508 e. The molecule has 0 radical (unpaired) electrons. The summed E-state index contributed by atoms with van der Waals surface area (Å²) in [6.45, 7) is 15.6. The summed E-state index contributed by atoms with van der Waals surface area (Å²) in [7, 11) is 0. The van der Waals surface area contributed by atoms with E-state index in [4.69, 9.17) is 61.6 Å². The summed E-state index contributed by atoms with van der Waals surface area (Å²) >= 11 is 2.99. The molecule has 2 atom stereocenters. The Labute approximate surface area is 655 Å². The van der Waals surface area contributed by atoms with Gasteiger partial charge in [0.1, 0.15) is 53.3 Å². The van der Waals surface area contributed by atoms with E-state index in [1.54, 1.807) is 106 Å². The Hall–Kier alpha value is -9.82. The molecule has 0 fully saturated rings. The lowest BCUT2D eigenvalue weighted by molar-refractivity contribution is -0.157. The van der Waals surface area contributed by atoms with Crippen LogP contribution in [0.3, 0.4) is 0 Å². The van der Waals surface area contributed by atoms with E-state index in [1.165, 1.54) is 21.9 Å². The highest BCUT2D eigenvalue weighted by atomic mass is 79.9. The number of ether oxygens (including phenoxy) is 13. The van der Waals surface area contributed by atoms with Crippen molar-refractivity contribution >= 4 is 75.3 Å². The van der Waals surface area contributed by atoms with Crippen LogP contribution in [0.25, 0.3) is 0 Å². The zero-order chi connectivity index (χ0) is 80.2. The van der Waals surface area contributed by atoms with Gasteiger partial charge >= 0.3 is 23.9 Å². The number of hydrogen-bond acceptors (Lipinski definition) is 24. The molecule has 6 aromatic carbocycles. The second-order valence-corrected chi connectivity index (χ2v) is 27.3. The summed E-state index contributed by atoms with van der Waals surface area (Å²) in [6.07, 6.45) is 0.451. The maximum atomic E-state index is 13.1. The van der Waals surface area contributed by atoms with Gasteiger partial charge in [-0.1, -0.05) is 125 Å². The lowest BCUT2D eigenvalue weighted by Gasteiger charge is -2.19. The van der Waals surface area contributed by atoms with Crippen LogP contribution in [0, 0.1) is 0 Å². The Morgan fingerprint density at radius 1 is 0.387 bits per heavy atom. The number of amides is 6. The van der Waals surface area contributed by atoms with Gasteiger partial charge in [0.15, 0.2) is 6.61 Å². The lowest BCUT2D eigenvalue weighted by atomic mass is 10.1. The largest absolute Gasteiger partial charge is 0.508 e. The first kappa shape index (κ1) is 90.1. The summed E-state index contributed by atoms with van der Waals surface area (Å²) in [4.78, 5) is 126. The summed E-state index contributed by atoms with van der Waals surface area (Å²) in [5.74, 6) is -3.23. The smallest absolute Gasteiger partial charge is 0.344 e. The number of esters is 4. The summed E-state index contributed by atoms with van der Waals surface area (Å²) < 4.78 is 70.6. The fraction of sp³-hybridized carbons (Fsp3) is 0.439. The fourth-order valence-electron chi connectivity index (χ4n) is 10.3. The first-order chi connectivity index (χ1) is 53.4. The number of rotatable bonds is 46. The number of aromatic hydroxyl groups is 1. The number of nitrogens with one attached hydrogen (secondary N) is 2. The van der Waals surface area contributed by atoms with Crippen LogP contribution in [0.1, 0.15) is 118 Å². The van der Waals surface area contributed by atoms with E-state index in [0.29, 0.717) is 94.1 Å². The molecular formula is C82H101BrN4O24. The topological polar surface area (TPSA) is 341 Å². The van der Waals surface area contributed by atoms with Gasteiger partial charge in [0.05, 0.1) is 141 Å². The zero-order valence-electron chi connectivity index (χ0n) is 63.7. The number of hydrogen-bond donors (Lipinski definition) is 3. The Morgan fingerprint density at radius 3 is 1.02 bits per heavy atom. The number of phenolic OH excluding ortho intramolecular Hbond substituents is 1. The van der Waals surface area contributed by atoms with E-state index in [0.717, 1.165) is 22.3 Å². The molecule has 2 aliphatic heterocycles. The van der Waals surface area contributed by atoms with Crippen molar-refractivity contribution in [1.82, 2.24) is 20.4 Å². The SMILES string of the molecule is CC(C)(C)OC(=O)CBr.CC(C)(C)OC(=O)COc1ccc(C[C@H](NC(=O)CCOCCOCCOCCOCCN2C(=O)c3ccccc3C2=O)C(=O)OCc2ccccc2)cc1.O=C(CCOCCOCCOCCOCCN1C(=O)c2ccccc2C1=O)N[C@@H](Cc1ccc(O)cc1)C(=O)OCc1ccccc1. The molecule has 0 saturated heterocycles. The van der Waals surface area contributed by atoms with Crippen LogP contribution in [0.15, 0.2) is 158 Å². The Bertz CT molecular complexity index is 3800. The molecular weight excluding hydrogens is 1500 g/mol. The molecule has 111 heavy (non-hydrogen) atoms. The molecule has 0 bridgehead atoms. The van der Waals surface area contributed by atoms with Crippen molar-refractivity contribution in [2.24, 2.45) is 0 Å². The van der Waals surface area contributed by atoms with Gasteiger partial charge in [-0.3, -0.25) is 43.4 Å². The highest BCUT2D eigenvalue weighted by molar-refractivity contribution is 9.09. The highest BCUT2D eigenvalue weighted by Gasteiger charge is 2.36. The van der Waals surface area contributed by atoms with Gasteiger partial charge in [-0.05, 0) is 112 Å². The van der Waals surface area contributed by atoms with Crippen molar-refractivity contribution in [3.8, 4) is 11.5 Å².